The van der Waals surface area contributed by atoms with Crippen molar-refractivity contribution in [2.24, 2.45) is 0 Å². The second-order valence-corrected chi connectivity index (χ2v) is 4.53. The molecule has 0 radical (unpaired) electrons. The monoisotopic (exact) mass is 234 g/mol. The molecule has 0 unspecified atom stereocenters. The van der Waals surface area contributed by atoms with Gasteiger partial charge in [0.05, 0.1) is 0 Å². The summed E-state index contributed by atoms with van der Waals surface area (Å²) in [5, 5.41) is 12.1. The number of benzene rings is 3. The number of fused-ring (bicyclic) bond motifs is 1. The van der Waals surface area contributed by atoms with Crippen molar-refractivity contribution < 1.29 is 5.11 Å². The zero-order chi connectivity index (χ0) is 12.5. The predicted octanol–water partition coefficient (Wildman–Crippen LogP) is 4.52. The van der Waals surface area contributed by atoms with Crippen molar-refractivity contribution in [3.8, 4) is 16.9 Å². The molecule has 0 fully saturated rings. The van der Waals surface area contributed by atoms with Gasteiger partial charge in [0.1, 0.15) is 5.75 Å². The maximum Gasteiger partial charge on any atom is 0.124 e. The smallest absolute Gasteiger partial charge is 0.124 e. The molecule has 3 rings (SSSR count). The molecular weight excluding hydrogens is 220 g/mol. The molecule has 0 atom stereocenters. The lowest BCUT2D eigenvalue weighted by Gasteiger charge is -2.09. The molecule has 0 spiro atoms. The minimum atomic E-state index is 0.339. The summed E-state index contributed by atoms with van der Waals surface area (Å²) in [5.41, 5.74) is 3.44. The molecule has 0 bridgehead atoms. The normalized spacial score (nSPS) is 10.7. The largest absolute Gasteiger partial charge is 0.507 e. The Balaban J connectivity index is 2.28. The number of phenolic OH excluding ortho intramolecular Hbond substituents is 1. The van der Waals surface area contributed by atoms with E-state index in [9.17, 15) is 5.11 Å². The van der Waals surface area contributed by atoms with E-state index < -0.39 is 0 Å². The van der Waals surface area contributed by atoms with E-state index in [4.69, 9.17) is 0 Å². The minimum Gasteiger partial charge on any atom is -0.507 e. The molecule has 0 aliphatic carbocycles. The first-order chi connectivity index (χ1) is 8.75. The van der Waals surface area contributed by atoms with E-state index in [-0.39, 0.29) is 0 Å². The van der Waals surface area contributed by atoms with Gasteiger partial charge in [-0.1, -0.05) is 48.5 Å². The lowest BCUT2D eigenvalue weighted by molar-refractivity contribution is 0.482. The molecule has 0 saturated heterocycles. The van der Waals surface area contributed by atoms with Crippen molar-refractivity contribution in [3.63, 3.8) is 0 Å². The Bertz CT molecular complexity index is 714. The molecular formula is C17H14O. The standard InChI is InChI=1S/C17H14O/c1-12-6-2-4-8-15(12)14-10-13-7-3-5-9-16(13)17(18)11-14/h2-11,18H,1H3. The fraction of sp³-hybridized carbons (Fsp3) is 0.0588. The van der Waals surface area contributed by atoms with Crippen LogP contribution >= 0.6 is 0 Å². The van der Waals surface area contributed by atoms with Gasteiger partial charge < -0.3 is 5.11 Å². The summed E-state index contributed by atoms with van der Waals surface area (Å²) in [6.45, 7) is 2.08. The maximum atomic E-state index is 10.1. The summed E-state index contributed by atoms with van der Waals surface area (Å²) in [6, 6.07) is 20.1. The van der Waals surface area contributed by atoms with Crippen LogP contribution in [0.1, 0.15) is 5.56 Å². The van der Waals surface area contributed by atoms with Crippen LogP contribution in [0, 0.1) is 6.92 Å². The molecule has 88 valence electrons. The predicted molar refractivity (Wildman–Crippen MR) is 75.8 cm³/mol. The van der Waals surface area contributed by atoms with Gasteiger partial charge in [-0.2, -0.15) is 0 Å². The molecule has 1 N–H and O–H groups in total. The highest BCUT2D eigenvalue weighted by Crippen LogP contribution is 2.32. The molecule has 0 saturated carbocycles. The molecule has 3 aromatic rings. The van der Waals surface area contributed by atoms with Gasteiger partial charge in [-0.3, -0.25) is 0 Å². The zero-order valence-electron chi connectivity index (χ0n) is 10.2. The molecule has 0 aliphatic heterocycles. The van der Waals surface area contributed by atoms with Crippen LogP contribution < -0.4 is 0 Å². The minimum absolute atomic E-state index is 0.339. The average molecular weight is 234 g/mol. The van der Waals surface area contributed by atoms with Gasteiger partial charge in [0.15, 0.2) is 0 Å². The van der Waals surface area contributed by atoms with Gasteiger partial charge >= 0.3 is 0 Å². The third-order valence-electron chi connectivity index (χ3n) is 3.30. The second-order valence-electron chi connectivity index (χ2n) is 4.53. The number of phenols is 1. The van der Waals surface area contributed by atoms with E-state index in [1.165, 1.54) is 11.1 Å². The van der Waals surface area contributed by atoms with E-state index in [2.05, 4.69) is 25.1 Å². The third-order valence-corrected chi connectivity index (χ3v) is 3.30. The van der Waals surface area contributed by atoms with Crippen molar-refractivity contribution in [3.05, 3.63) is 66.2 Å². The average Bonchev–Trinajstić information content (AvgIpc) is 2.39. The summed E-state index contributed by atoms with van der Waals surface area (Å²) in [5.74, 6) is 0.339. The van der Waals surface area contributed by atoms with E-state index in [1.807, 2.05) is 42.5 Å². The first kappa shape index (κ1) is 10.8. The van der Waals surface area contributed by atoms with Crippen molar-refractivity contribution in [2.75, 3.05) is 0 Å². The Hall–Kier alpha value is -2.28. The Morgan fingerprint density at radius 2 is 1.56 bits per heavy atom. The Kier molecular flexibility index (Phi) is 2.52. The number of rotatable bonds is 1. The maximum absolute atomic E-state index is 10.1. The number of aryl methyl sites for hydroxylation is 1. The van der Waals surface area contributed by atoms with Gasteiger partial charge in [-0.15, -0.1) is 0 Å². The van der Waals surface area contributed by atoms with Crippen molar-refractivity contribution in [1.82, 2.24) is 0 Å². The molecule has 1 heteroatoms. The van der Waals surface area contributed by atoms with Crippen LogP contribution in [0.4, 0.5) is 0 Å². The fourth-order valence-electron chi connectivity index (χ4n) is 2.34. The van der Waals surface area contributed by atoms with E-state index in [0.29, 0.717) is 5.75 Å². The Labute approximate surface area is 106 Å². The summed E-state index contributed by atoms with van der Waals surface area (Å²) in [6.07, 6.45) is 0. The summed E-state index contributed by atoms with van der Waals surface area (Å²) < 4.78 is 0. The van der Waals surface area contributed by atoms with Crippen molar-refractivity contribution >= 4 is 10.8 Å². The topological polar surface area (TPSA) is 20.2 Å². The summed E-state index contributed by atoms with van der Waals surface area (Å²) >= 11 is 0. The highest BCUT2D eigenvalue weighted by Gasteiger charge is 2.06. The number of hydrogen-bond donors (Lipinski definition) is 1. The highest BCUT2D eigenvalue weighted by molar-refractivity contribution is 5.92. The van der Waals surface area contributed by atoms with Gasteiger partial charge in [-0.25, -0.2) is 0 Å². The Morgan fingerprint density at radius 1 is 0.833 bits per heavy atom. The van der Waals surface area contributed by atoms with Gasteiger partial charge in [0.2, 0.25) is 0 Å². The molecule has 1 nitrogen and oxygen atoms in total. The van der Waals surface area contributed by atoms with Crippen LogP contribution in [0.5, 0.6) is 5.75 Å². The molecule has 18 heavy (non-hydrogen) atoms. The fourth-order valence-corrected chi connectivity index (χ4v) is 2.34. The van der Waals surface area contributed by atoms with Crippen LogP contribution in [0.25, 0.3) is 21.9 Å². The van der Waals surface area contributed by atoms with E-state index in [0.717, 1.165) is 16.3 Å². The lowest BCUT2D eigenvalue weighted by Crippen LogP contribution is -1.83. The highest BCUT2D eigenvalue weighted by atomic mass is 16.3. The first-order valence-corrected chi connectivity index (χ1v) is 6.03. The quantitative estimate of drug-likeness (QED) is 0.656. The van der Waals surface area contributed by atoms with Crippen LogP contribution in [0.3, 0.4) is 0 Å². The van der Waals surface area contributed by atoms with Crippen LogP contribution in [0.15, 0.2) is 60.7 Å². The van der Waals surface area contributed by atoms with E-state index >= 15 is 0 Å². The molecule has 3 aromatic carbocycles. The zero-order valence-corrected chi connectivity index (χ0v) is 10.2. The van der Waals surface area contributed by atoms with Crippen LogP contribution in [0.2, 0.25) is 0 Å². The van der Waals surface area contributed by atoms with Crippen molar-refractivity contribution in [2.45, 2.75) is 6.92 Å². The van der Waals surface area contributed by atoms with Crippen LogP contribution in [-0.4, -0.2) is 5.11 Å². The van der Waals surface area contributed by atoms with Gasteiger partial charge in [0.25, 0.3) is 0 Å². The molecule has 0 heterocycles. The van der Waals surface area contributed by atoms with Crippen molar-refractivity contribution in [1.29, 1.82) is 0 Å². The molecule has 0 aromatic heterocycles. The van der Waals surface area contributed by atoms with Crippen LogP contribution in [-0.2, 0) is 0 Å². The van der Waals surface area contributed by atoms with Gasteiger partial charge in [-0.05, 0) is 41.1 Å². The third kappa shape index (κ3) is 1.74. The number of hydrogen-bond acceptors (Lipinski definition) is 1. The SMILES string of the molecule is Cc1ccccc1-c1cc(O)c2ccccc2c1. The molecule has 0 amide bonds. The Morgan fingerprint density at radius 3 is 2.39 bits per heavy atom. The summed E-state index contributed by atoms with van der Waals surface area (Å²) in [4.78, 5) is 0. The number of aromatic hydroxyl groups is 1. The van der Waals surface area contributed by atoms with E-state index in [1.54, 1.807) is 0 Å². The summed E-state index contributed by atoms with van der Waals surface area (Å²) in [7, 11) is 0. The van der Waals surface area contributed by atoms with Gasteiger partial charge in [0, 0.05) is 5.39 Å². The first-order valence-electron chi connectivity index (χ1n) is 6.03. The lowest BCUT2D eigenvalue weighted by atomic mass is 9.97. The molecule has 0 aliphatic rings. The second kappa shape index (κ2) is 4.19.